The Kier molecular flexibility index (Phi) is 5.00. The minimum Gasteiger partial charge on any atom is -0.319 e. The van der Waals surface area contributed by atoms with Crippen molar-refractivity contribution in [1.82, 2.24) is 14.6 Å². The largest absolute Gasteiger partial charge is 0.319 e. The van der Waals surface area contributed by atoms with E-state index in [0.717, 1.165) is 30.0 Å². The monoisotopic (exact) mass is 318 g/mol. The van der Waals surface area contributed by atoms with E-state index in [-0.39, 0.29) is 0 Å². The van der Waals surface area contributed by atoms with Crippen LogP contribution in [0.25, 0.3) is 0 Å². The topological polar surface area (TPSA) is 74.3 Å². The normalized spacial score (nSPS) is 18.4. The summed E-state index contributed by atoms with van der Waals surface area (Å²) in [7, 11) is -1.54. The molecule has 2 heterocycles. The average Bonchev–Trinajstić information content (AvgIpc) is 2.68. The molecule has 1 saturated heterocycles. The smallest absolute Gasteiger partial charge is 0.303 e. The molecule has 0 aliphatic carbocycles. The van der Waals surface area contributed by atoms with Gasteiger partial charge in [0.25, 0.3) is 0 Å². The molecule has 0 atom stereocenters. The second-order valence-corrected chi connectivity index (χ2v) is 8.04. The van der Waals surface area contributed by atoms with Gasteiger partial charge in [-0.25, -0.2) is 9.71 Å². The van der Waals surface area contributed by atoms with Gasteiger partial charge in [-0.05, 0) is 46.2 Å². The standard InChI is InChI=1S/C12H22N4O2S2/c1-9-10(2)19-12(14-9)15-20(17,18)16-6-4-11(5-7-16)8-13-3/h11,13H,4-8H2,1-3H3,(H,14,15). The fourth-order valence-electron chi connectivity index (χ4n) is 2.33. The highest BCUT2D eigenvalue weighted by Gasteiger charge is 2.28. The first-order chi connectivity index (χ1) is 9.42. The third-order valence-corrected chi connectivity index (χ3v) is 6.26. The van der Waals surface area contributed by atoms with Crippen molar-refractivity contribution >= 4 is 26.7 Å². The molecule has 0 spiro atoms. The Morgan fingerprint density at radius 1 is 1.35 bits per heavy atom. The van der Waals surface area contributed by atoms with Crippen LogP contribution in [0, 0.1) is 19.8 Å². The van der Waals surface area contributed by atoms with Crippen LogP contribution in [-0.4, -0.2) is 44.4 Å². The van der Waals surface area contributed by atoms with Crippen molar-refractivity contribution < 1.29 is 8.42 Å². The Balaban J connectivity index is 1.97. The number of aryl methyl sites for hydroxylation is 2. The zero-order valence-corrected chi connectivity index (χ0v) is 13.8. The van der Waals surface area contributed by atoms with E-state index in [1.54, 1.807) is 0 Å². The van der Waals surface area contributed by atoms with Gasteiger partial charge in [-0.3, -0.25) is 0 Å². The van der Waals surface area contributed by atoms with E-state index in [1.165, 1.54) is 15.6 Å². The summed E-state index contributed by atoms with van der Waals surface area (Å²) in [5.41, 5.74) is 0.875. The number of aromatic nitrogens is 1. The van der Waals surface area contributed by atoms with E-state index in [9.17, 15) is 8.42 Å². The van der Waals surface area contributed by atoms with Crippen LogP contribution < -0.4 is 10.0 Å². The van der Waals surface area contributed by atoms with Crippen molar-refractivity contribution in [3.63, 3.8) is 0 Å². The van der Waals surface area contributed by atoms with E-state index in [1.807, 2.05) is 20.9 Å². The summed E-state index contributed by atoms with van der Waals surface area (Å²) in [6.07, 6.45) is 1.80. The minimum absolute atomic E-state index is 0.456. The van der Waals surface area contributed by atoms with Gasteiger partial charge < -0.3 is 5.32 Å². The van der Waals surface area contributed by atoms with Gasteiger partial charge in [0.15, 0.2) is 5.13 Å². The highest BCUT2D eigenvalue weighted by molar-refractivity contribution is 7.90. The summed E-state index contributed by atoms with van der Waals surface area (Å²) in [6, 6.07) is 0. The van der Waals surface area contributed by atoms with Crippen LogP contribution in [0.5, 0.6) is 0 Å². The molecule has 20 heavy (non-hydrogen) atoms. The van der Waals surface area contributed by atoms with Gasteiger partial charge in [0, 0.05) is 18.0 Å². The second-order valence-electron chi connectivity index (χ2n) is 5.17. The summed E-state index contributed by atoms with van der Waals surface area (Å²) in [6.45, 7) is 5.92. The summed E-state index contributed by atoms with van der Waals surface area (Å²) in [5.74, 6) is 0.566. The van der Waals surface area contributed by atoms with Gasteiger partial charge in [0.05, 0.1) is 5.69 Å². The SMILES string of the molecule is CNCC1CCN(S(=O)(=O)Nc2nc(C)c(C)s2)CC1. The Morgan fingerprint density at radius 2 is 2.00 bits per heavy atom. The van der Waals surface area contributed by atoms with E-state index in [0.29, 0.717) is 24.1 Å². The number of nitrogens with one attached hydrogen (secondary N) is 2. The lowest BCUT2D eigenvalue weighted by Gasteiger charge is -2.30. The Bertz CT molecular complexity index is 528. The highest BCUT2D eigenvalue weighted by Crippen LogP contribution is 2.24. The number of thiazole rings is 1. The average molecular weight is 318 g/mol. The lowest BCUT2D eigenvalue weighted by atomic mass is 9.98. The molecule has 6 nitrogen and oxygen atoms in total. The van der Waals surface area contributed by atoms with E-state index < -0.39 is 10.2 Å². The van der Waals surface area contributed by atoms with Crippen molar-refractivity contribution in [3.8, 4) is 0 Å². The Morgan fingerprint density at radius 3 is 2.50 bits per heavy atom. The molecule has 0 aromatic carbocycles. The van der Waals surface area contributed by atoms with Gasteiger partial charge in [0.1, 0.15) is 0 Å². The highest BCUT2D eigenvalue weighted by atomic mass is 32.2. The molecule has 0 bridgehead atoms. The third kappa shape index (κ3) is 3.69. The van der Waals surface area contributed by atoms with E-state index in [2.05, 4.69) is 15.0 Å². The predicted octanol–water partition coefficient (Wildman–Crippen LogP) is 1.35. The van der Waals surface area contributed by atoms with E-state index >= 15 is 0 Å². The maximum atomic E-state index is 12.3. The fraction of sp³-hybridized carbons (Fsp3) is 0.750. The van der Waals surface area contributed by atoms with Crippen LogP contribution in [0.3, 0.4) is 0 Å². The summed E-state index contributed by atoms with van der Waals surface area (Å²) in [5, 5.41) is 3.60. The predicted molar refractivity (Wildman–Crippen MR) is 82.4 cm³/mol. The first-order valence-electron chi connectivity index (χ1n) is 6.79. The zero-order chi connectivity index (χ0) is 14.8. The van der Waals surface area contributed by atoms with Crippen LogP contribution in [-0.2, 0) is 10.2 Å². The number of anilines is 1. The molecule has 8 heteroatoms. The molecule has 1 aromatic heterocycles. The second kappa shape index (κ2) is 6.38. The molecule has 0 radical (unpaired) electrons. The van der Waals surface area contributed by atoms with Crippen LogP contribution in [0.2, 0.25) is 0 Å². The number of nitrogens with zero attached hydrogens (tertiary/aromatic N) is 2. The molecule has 1 aliphatic rings. The fourth-order valence-corrected chi connectivity index (χ4v) is 4.57. The van der Waals surface area contributed by atoms with Crippen molar-refractivity contribution in [1.29, 1.82) is 0 Å². The molecule has 114 valence electrons. The maximum Gasteiger partial charge on any atom is 0.303 e. The van der Waals surface area contributed by atoms with Crippen molar-refractivity contribution in [3.05, 3.63) is 10.6 Å². The molecule has 0 amide bonds. The van der Waals surface area contributed by atoms with Crippen molar-refractivity contribution in [2.24, 2.45) is 5.92 Å². The molecule has 0 unspecified atom stereocenters. The number of hydrogen-bond acceptors (Lipinski definition) is 5. The lowest BCUT2D eigenvalue weighted by Crippen LogP contribution is -2.43. The van der Waals surface area contributed by atoms with Gasteiger partial charge in [-0.15, -0.1) is 11.3 Å². The van der Waals surface area contributed by atoms with Crippen LogP contribution in [0.1, 0.15) is 23.4 Å². The van der Waals surface area contributed by atoms with Crippen molar-refractivity contribution in [2.45, 2.75) is 26.7 Å². The van der Waals surface area contributed by atoms with Gasteiger partial charge >= 0.3 is 10.2 Å². The summed E-state index contributed by atoms with van der Waals surface area (Å²) < 4.78 is 28.7. The van der Waals surface area contributed by atoms with Gasteiger partial charge in [0.2, 0.25) is 0 Å². The van der Waals surface area contributed by atoms with E-state index in [4.69, 9.17) is 0 Å². The number of rotatable bonds is 5. The number of hydrogen-bond donors (Lipinski definition) is 2. The molecule has 1 aromatic rings. The van der Waals surface area contributed by atoms with Gasteiger partial charge in [-0.2, -0.15) is 12.7 Å². The number of piperidine rings is 1. The molecular weight excluding hydrogens is 296 g/mol. The summed E-state index contributed by atoms with van der Waals surface area (Å²) in [4.78, 5) is 5.26. The Labute approximate surface area is 124 Å². The first kappa shape index (κ1) is 15.7. The third-order valence-electron chi connectivity index (χ3n) is 3.65. The molecular formula is C12H22N4O2S2. The van der Waals surface area contributed by atoms with Crippen LogP contribution in [0.15, 0.2) is 0 Å². The molecule has 1 fully saturated rings. The van der Waals surface area contributed by atoms with Gasteiger partial charge in [-0.1, -0.05) is 0 Å². The Hall–Kier alpha value is -0.700. The minimum atomic E-state index is -3.47. The molecule has 2 rings (SSSR count). The van der Waals surface area contributed by atoms with Crippen LogP contribution >= 0.6 is 11.3 Å². The molecule has 1 aliphatic heterocycles. The maximum absolute atomic E-state index is 12.3. The molecule has 2 N–H and O–H groups in total. The van der Waals surface area contributed by atoms with Crippen molar-refractivity contribution in [2.75, 3.05) is 31.4 Å². The molecule has 0 saturated carbocycles. The summed E-state index contributed by atoms with van der Waals surface area (Å²) >= 11 is 1.38. The quantitative estimate of drug-likeness (QED) is 0.859. The zero-order valence-electron chi connectivity index (χ0n) is 12.1. The first-order valence-corrected chi connectivity index (χ1v) is 9.04. The van der Waals surface area contributed by atoms with Crippen LogP contribution in [0.4, 0.5) is 5.13 Å². The lowest BCUT2D eigenvalue weighted by molar-refractivity contribution is 0.272.